The Morgan fingerprint density at radius 3 is 2.72 bits per heavy atom. The first-order chi connectivity index (χ1) is 11.7. The minimum atomic E-state index is -0.521. The summed E-state index contributed by atoms with van der Waals surface area (Å²) >= 11 is 6.10. The molecule has 7 heteroatoms. The van der Waals surface area contributed by atoms with Crippen molar-refractivity contribution in [1.82, 2.24) is 5.32 Å². The van der Waals surface area contributed by atoms with Gasteiger partial charge >= 0.3 is 12.1 Å². The van der Waals surface area contributed by atoms with E-state index in [1.165, 1.54) is 0 Å². The zero-order valence-electron chi connectivity index (χ0n) is 15.1. The molecule has 0 aliphatic carbocycles. The van der Waals surface area contributed by atoms with Crippen LogP contribution in [0.3, 0.4) is 0 Å². The molecule has 1 aromatic carbocycles. The number of rotatable bonds is 4. The number of hydrogen-bond donors (Lipinski definition) is 1. The molecular formula is C18H25ClN2O4. The molecule has 1 saturated heterocycles. The van der Waals surface area contributed by atoms with E-state index in [1.807, 2.05) is 26.8 Å². The molecule has 1 amide bonds. The van der Waals surface area contributed by atoms with Crippen LogP contribution in [0.4, 0.5) is 10.5 Å². The van der Waals surface area contributed by atoms with Gasteiger partial charge in [-0.1, -0.05) is 11.6 Å². The van der Waals surface area contributed by atoms with Gasteiger partial charge in [-0.2, -0.15) is 0 Å². The molecule has 0 saturated carbocycles. The summed E-state index contributed by atoms with van der Waals surface area (Å²) < 4.78 is 10.3. The number of benzene rings is 1. The van der Waals surface area contributed by atoms with Crippen LogP contribution in [-0.2, 0) is 9.47 Å². The van der Waals surface area contributed by atoms with Gasteiger partial charge in [-0.3, -0.25) is 0 Å². The molecule has 1 aromatic rings. The second-order valence-corrected chi connectivity index (χ2v) is 7.37. The fourth-order valence-corrected chi connectivity index (χ4v) is 2.86. The normalized spacial score (nSPS) is 17.3. The van der Waals surface area contributed by atoms with E-state index in [0.29, 0.717) is 23.7 Å². The Morgan fingerprint density at radius 2 is 2.08 bits per heavy atom. The predicted molar refractivity (Wildman–Crippen MR) is 97.4 cm³/mol. The number of amides is 1. The molecule has 138 valence electrons. The summed E-state index contributed by atoms with van der Waals surface area (Å²) in [6.45, 7) is 8.95. The predicted octanol–water partition coefficient (Wildman–Crippen LogP) is 3.62. The number of nitrogens with zero attached hydrogens (tertiary/aromatic N) is 1. The number of alkyl carbamates (subject to hydrolysis) is 1. The lowest BCUT2D eigenvalue weighted by Crippen LogP contribution is -2.40. The quantitative estimate of drug-likeness (QED) is 0.822. The van der Waals surface area contributed by atoms with Crippen LogP contribution in [0.15, 0.2) is 18.2 Å². The van der Waals surface area contributed by atoms with Crippen LogP contribution in [0.25, 0.3) is 0 Å². The average Bonchev–Trinajstić information content (AvgIpc) is 2.94. The topological polar surface area (TPSA) is 67.9 Å². The lowest BCUT2D eigenvalue weighted by Gasteiger charge is -2.22. The van der Waals surface area contributed by atoms with Crippen molar-refractivity contribution in [2.24, 2.45) is 0 Å². The smallest absolute Gasteiger partial charge is 0.407 e. The first kappa shape index (κ1) is 19.4. The molecule has 1 fully saturated rings. The Hall–Kier alpha value is -1.95. The summed E-state index contributed by atoms with van der Waals surface area (Å²) in [5.74, 6) is -0.433. The monoisotopic (exact) mass is 368 g/mol. The first-order valence-electron chi connectivity index (χ1n) is 8.40. The molecule has 1 aliphatic heterocycles. The molecule has 0 spiro atoms. The van der Waals surface area contributed by atoms with E-state index >= 15 is 0 Å². The van der Waals surface area contributed by atoms with E-state index in [0.717, 1.165) is 18.7 Å². The third-order valence-corrected chi connectivity index (χ3v) is 4.05. The van der Waals surface area contributed by atoms with Gasteiger partial charge in [0.15, 0.2) is 0 Å². The van der Waals surface area contributed by atoms with Gasteiger partial charge in [0.2, 0.25) is 0 Å². The van der Waals surface area contributed by atoms with Gasteiger partial charge in [-0.15, -0.1) is 0 Å². The van der Waals surface area contributed by atoms with E-state index in [-0.39, 0.29) is 6.04 Å². The largest absolute Gasteiger partial charge is 0.462 e. The van der Waals surface area contributed by atoms with Crippen molar-refractivity contribution in [3.8, 4) is 0 Å². The Morgan fingerprint density at radius 1 is 1.36 bits per heavy atom. The minimum absolute atomic E-state index is 0.00317. The third-order valence-electron chi connectivity index (χ3n) is 3.72. The van der Waals surface area contributed by atoms with E-state index in [1.54, 1.807) is 19.1 Å². The molecule has 1 unspecified atom stereocenters. The summed E-state index contributed by atoms with van der Waals surface area (Å²) in [5, 5.41) is 3.25. The maximum absolute atomic E-state index is 12.0. The molecule has 25 heavy (non-hydrogen) atoms. The van der Waals surface area contributed by atoms with Crippen LogP contribution in [0, 0.1) is 0 Å². The molecule has 1 atom stereocenters. The van der Waals surface area contributed by atoms with Crippen molar-refractivity contribution in [3.05, 3.63) is 28.8 Å². The van der Waals surface area contributed by atoms with Gasteiger partial charge < -0.3 is 19.7 Å². The maximum atomic E-state index is 12.0. The Bertz CT molecular complexity index is 642. The highest BCUT2D eigenvalue weighted by atomic mass is 35.5. The van der Waals surface area contributed by atoms with Crippen LogP contribution >= 0.6 is 11.6 Å². The highest BCUT2D eigenvalue weighted by molar-refractivity contribution is 6.33. The van der Waals surface area contributed by atoms with Gasteiger partial charge in [0.1, 0.15) is 5.60 Å². The Labute approximate surface area is 153 Å². The molecule has 0 aromatic heterocycles. The Balaban J connectivity index is 2.01. The van der Waals surface area contributed by atoms with Crippen molar-refractivity contribution >= 4 is 29.4 Å². The van der Waals surface area contributed by atoms with Crippen molar-refractivity contribution in [2.75, 3.05) is 24.6 Å². The molecular weight excluding hydrogens is 344 g/mol. The highest BCUT2D eigenvalue weighted by Gasteiger charge is 2.27. The lowest BCUT2D eigenvalue weighted by molar-refractivity contribution is 0.0504. The van der Waals surface area contributed by atoms with Crippen molar-refractivity contribution in [3.63, 3.8) is 0 Å². The molecule has 1 N–H and O–H groups in total. The SMILES string of the molecule is CCOC(=O)c1cc(N2CCC(NC(=O)OC(C)(C)C)C2)ccc1Cl. The fraction of sp³-hybridized carbons (Fsp3) is 0.556. The summed E-state index contributed by atoms with van der Waals surface area (Å²) in [5.41, 5.74) is 0.707. The van der Waals surface area contributed by atoms with Crippen molar-refractivity contribution in [1.29, 1.82) is 0 Å². The van der Waals surface area contributed by atoms with E-state index in [2.05, 4.69) is 10.2 Å². The lowest BCUT2D eigenvalue weighted by atomic mass is 10.2. The highest BCUT2D eigenvalue weighted by Crippen LogP contribution is 2.26. The van der Waals surface area contributed by atoms with Crippen molar-refractivity contribution in [2.45, 2.75) is 45.8 Å². The standard InChI is InChI=1S/C18H25ClN2O4/c1-5-24-16(22)14-10-13(6-7-15(14)19)21-9-8-12(11-21)20-17(23)25-18(2,3)4/h6-7,10,12H,5,8-9,11H2,1-4H3,(H,20,23). The van der Waals surface area contributed by atoms with Crippen LogP contribution in [-0.4, -0.2) is 43.4 Å². The second kappa shape index (κ2) is 7.95. The van der Waals surface area contributed by atoms with Gasteiger partial charge in [0.25, 0.3) is 0 Å². The number of ether oxygens (including phenoxy) is 2. The second-order valence-electron chi connectivity index (χ2n) is 6.96. The molecule has 0 bridgehead atoms. The summed E-state index contributed by atoms with van der Waals surface area (Å²) in [7, 11) is 0. The number of hydrogen-bond acceptors (Lipinski definition) is 5. The maximum Gasteiger partial charge on any atom is 0.407 e. The molecule has 6 nitrogen and oxygen atoms in total. The van der Waals surface area contributed by atoms with E-state index < -0.39 is 17.7 Å². The number of nitrogens with one attached hydrogen (secondary N) is 1. The van der Waals surface area contributed by atoms with Crippen LogP contribution in [0.1, 0.15) is 44.5 Å². The van der Waals surface area contributed by atoms with Gasteiger partial charge in [-0.05, 0) is 52.3 Å². The Kier molecular flexibility index (Phi) is 6.16. The van der Waals surface area contributed by atoms with Gasteiger partial charge in [0, 0.05) is 18.8 Å². The van der Waals surface area contributed by atoms with Crippen molar-refractivity contribution < 1.29 is 19.1 Å². The van der Waals surface area contributed by atoms with Crippen LogP contribution < -0.4 is 10.2 Å². The zero-order valence-corrected chi connectivity index (χ0v) is 15.9. The molecule has 0 radical (unpaired) electrons. The number of carbonyl (C=O) groups is 2. The van der Waals surface area contributed by atoms with Crippen LogP contribution in [0.5, 0.6) is 0 Å². The van der Waals surface area contributed by atoms with E-state index in [4.69, 9.17) is 21.1 Å². The molecule has 2 rings (SSSR count). The molecule has 1 aliphatic rings. The number of halogens is 1. The first-order valence-corrected chi connectivity index (χ1v) is 8.78. The summed E-state index contributed by atoms with van der Waals surface area (Å²) in [4.78, 5) is 26.0. The number of carbonyl (C=O) groups excluding carboxylic acids is 2. The van der Waals surface area contributed by atoms with Gasteiger partial charge in [0.05, 0.1) is 23.2 Å². The minimum Gasteiger partial charge on any atom is -0.462 e. The molecule has 1 heterocycles. The van der Waals surface area contributed by atoms with E-state index in [9.17, 15) is 9.59 Å². The number of esters is 1. The average molecular weight is 369 g/mol. The van der Waals surface area contributed by atoms with Crippen LogP contribution in [0.2, 0.25) is 5.02 Å². The number of anilines is 1. The fourth-order valence-electron chi connectivity index (χ4n) is 2.66. The zero-order chi connectivity index (χ0) is 18.6. The third kappa shape index (κ3) is 5.53. The van der Waals surface area contributed by atoms with Gasteiger partial charge in [-0.25, -0.2) is 9.59 Å². The summed E-state index contributed by atoms with van der Waals surface area (Å²) in [6, 6.07) is 5.28. The summed E-state index contributed by atoms with van der Waals surface area (Å²) in [6.07, 6.45) is 0.388.